The topological polar surface area (TPSA) is 72.9 Å². The summed E-state index contributed by atoms with van der Waals surface area (Å²) in [5.41, 5.74) is 1.26. The molecule has 2 fully saturated rings. The van der Waals surface area contributed by atoms with Crippen LogP contribution in [0.4, 0.5) is 10.3 Å². The number of hydrogen-bond donors (Lipinski definition) is 0. The number of carbonyl (C=O) groups is 2. The lowest BCUT2D eigenvalue weighted by atomic mass is 10.1. The Morgan fingerprint density at radius 3 is 1.44 bits per heavy atom. The second-order valence-corrected chi connectivity index (χ2v) is 10.2. The van der Waals surface area contributed by atoms with Crippen LogP contribution in [0.3, 0.4) is 0 Å². The molecule has 5 rings (SSSR count). The number of carbonyl (C=O) groups excluding carboxylic acids is 2. The van der Waals surface area contributed by atoms with Crippen LogP contribution in [0.2, 0.25) is 0 Å². The van der Waals surface area contributed by atoms with E-state index < -0.39 is 0 Å². The van der Waals surface area contributed by atoms with Crippen LogP contribution < -0.4 is 9.80 Å². The van der Waals surface area contributed by atoms with Gasteiger partial charge >= 0.3 is 0 Å². The van der Waals surface area contributed by atoms with Gasteiger partial charge in [-0.3, -0.25) is 9.59 Å². The van der Waals surface area contributed by atoms with Gasteiger partial charge in [0.25, 0.3) is 11.8 Å². The summed E-state index contributed by atoms with van der Waals surface area (Å²) in [4.78, 5) is 43.3. The minimum absolute atomic E-state index is 0.0221. The van der Waals surface area contributed by atoms with Gasteiger partial charge in [0.1, 0.15) is 0 Å². The van der Waals surface area contributed by atoms with Crippen LogP contribution in [-0.2, 0) is 0 Å². The van der Waals surface area contributed by atoms with Gasteiger partial charge in [-0.2, -0.15) is 0 Å². The highest BCUT2D eigenvalue weighted by Gasteiger charge is 2.24. The van der Waals surface area contributed by atoms with Gasteiger partial charge in [-0.05, 0) is 37.1 Å². The summed E-state index contributed by atoms with van der Waals surface area (Å²) in [5.74, 6) is 0.0442. The first-order valence-electron chi connectivity index (χ1n) is 11.7. The molecule has 2 aliphatic heterocycles. The number of aromatic nitrogens is 2. The van der Waals surface area contributed by atoms with Gasteiger partial charge in [-0.25, -0.2) is 9.97 Å². The first kappa shape index (κ1) is 22.8. The van der Waals surface area contributed by atoms with Crippen LogP contribution >= 0.6 is 22.7 Å². The van der Waals surface area contributed by atoms with E-state index in [9.17, 15) is 9.59 Å². The second-order valence-electron chi connectivity index (χ2n) is 8.47. The van der Waals surface area contributed by atoms with E-state index in [1.54, 1.807) is 46.9 Å². The number of rotatable bonds is 4. The smallest absolute Gasteiger partial charge is 0.253 e. The van der Waals surface area contributed by atoms with E-state index in [4.69, 9.17) is 0 Å². The lowest BCUT2D eigenvalue weighted by molar-refractivity contribution is 0.0755. The second kappa shape index (κ2) is 10.5. The molecule has 0 aliphatic carbocycles. The molecule has 2 saturated heterocycles. The average Bonchev–Trinajstić information content (AvgIpc) is 3.49. The van der Waals surface area contributed by atoms with E-state index in [2.05, 4.69) is 19.8 Å². The van der Waals surface area contributed by atoms with Gasteiger partial charge in [0, 0.05) is 86.6 Å². The van der Waals surface area contributed by atoms with Gasteiger partial charge in [0.05, 0.1) is 0 Å². The van der Waals surface area contributed by atoms with Crippen molar-refractivity contribution in [1.29, 1.82) is 0 Å². The summed E-state index contributed by atoms with van der Waals surface area (Å²) < 4.78 is 0. The molecule has 34 heavy (non-hydrogen) atoms. The van der Waals surface area contributed by atoms with Crippen molar-refractivity contribution in [2.24, 2.45) is 0 Å². The van der Waals surface area contributed by atoms with E-state index in [0.717, 1.165) is 62.4 Å². The molecular weight excluding hydrogens is 468 g/mol. The van der Waals surface area contributed by atoms with Crippen molar-refractivity contribution in [3.8, 4) is 0 Å². The fourth-order valence-corrected chi connectivity index (χ4v) is 5.88. The van der Waals surface area contributed by atoms with Crippen molar-refractivity contribution in [3.05, 3.63) is 58.5 Å². The van der Waals surface area contributed by atoms with Crippen LogP contribution in [0, 0.1) is 0 Å². The van der Waals surface area contributed by atoms with Gasteiger partial charge in [0.15, 0.2) is 10.3 Å². The fourth-order valence-electron chi connectivity index (χ4n) is 4.49. The molecule has 0 radical (unpaired) electrons. The zero-order valence-electron chi connectivity index (χ0n) is 19.0. The quantitative estimate of drug-likeness (QED) is 0.552. The third kappa shape index (κ3) is 5.07. The summed E-state index contributed by atoms with van der Waals surface area (Å²) in [6, 6.07) is 7.16. The van der Waals surface area contributed by atoms with E-state index in [1.807, 2.05) is 33.0 Å². The van der Waals surface area contributed by atoms with Gasteiger partial charge in [-0.1, -0.05) is 0 Å². The number of thiazole rings is 2. The Balaban J connectivity index is 1.18. The maximum Gasteiger partial charge on any atom is 0.253 e. The molecule has 2 aliphatic rings. The normalized spacial score (nSPS) is 17.4. The van der Waals surface area contributed by atoms with Crippen molar-refractivity contribution in [2.75, 3.05) is 62.2 Å². The number of hydrogen-bond acceptors (Lipinski definition) is 8. The Morgan fingerprint density at radius 1 is 0.618 bits per heavy atom. The standard InChI is InChI=1S/C24H28N6O2S2/c31-21(27-9-1-11-29(15-13-27)23-25-7-17-33-23)19-3-5-20(6-4-19)22(32)28-10-2-12-30(16-14-28)24-26-8-18-34-24/h3-8,17-18H,1-2,9-16H2. The molecule has 0 bridgehead atoms. The minimum atomic E-state index is 0.0221. The van der Waals surface area contributed by atoms with E-state index in [1.165, 1.54) is 0 Å². The molecule has 0 unspecified atom stereocenters. The molecule has 178 valence electrons. The zero-order valence-corrected chi connectivity index (χ0v) is 20.6. The number of nitrogens with zero attached hydrogens (tertiary/aromatic N) is 6. The van der Waals surface area contributed by atoms with Crippen LogP contribution in [0.15, 0.2) is 47.4 Å². The summed E-state index contributed by atoms with van der Waals surface area (Å²) in [7, 11) is 0. The lowest BCUT2D eigenvalue weighted by Gasteiger charge is -2.23. The van der Waals surface area contributed by atoms with E-state index in [-0.39, 0.29) is 11.8 Å². The molecule has 0 N–H and O–H groups in total. The number of anilines is 2. The van der Waals surface area contributed by atoms with Crippen molar-refractivity contribution in [2.45, 2.75) is 12.8 Å². The molecule has 0 saturated carbocycles. The molecule has 8 nitrogen and oxygen atoms in total. The zero-order chi connectivity index (χ0) is 23.3. The first-order valence-corrected chi connectivity index (χ1v) is 13.4. The monoisotopic (exact) mass is 496 g/mol. The van der Waals surface area contributed by atoms with Crippen molar-refractivity contribution in [1.82, 2.24) is 19.8 Å². The summed E-state index contributed by atoms with van der Waals surface area (Å²) in [5, 5.41) is 5.99. The fraction of sp³-hybridized carbons (Fsp3) is 0.417. The van der Waals surface area contributed by atoms with Gasteiger partial charge in [-0.15, -0.1) is 22.7 Å². The lowest BCUT2D eigenvalue weighted by Crippen LogP contribution is -2.36. The molecule has 2 amide bonds. The third-order valence-electron chi connectivity index (χ3n) is 6.32. The molecule has 3 aromatic rings. The van der Waals surface area contributed by atoms with Crippen molar-refractivity contribution < 1.29 is 9.59 Å². The van der Waals surface area contributed by atoms with Crippen LogP contribution in [0.5, 0.6) is 0 Å². The van der Waals surface area contributed by atoms with Crippen LogP contribution in [-0.4, -0.2) is 83.9 Å². The van der Waals surface area contributed by atoms with Crippen molar-refractivity contribution >= 4 is 44.8 Å². The van der Waals surface area contributed by atoms with Gasteiger partial charge < -0.3 is 19.6 Å². The largest absolute Gasteiger partial charge is 0.346 e. The number of amides is 2. The SMILES string of the molecule is O=C(c1ccc(C(=O)N2CCCN(c3nccs3)CC2)cc1)N1CCCN(c2nccs2)CC1. The Hall–Kier alpha value is -2.98. The first-order chi connectivity index (χ1) is 16.7. The van der Waals surface area contributed by atoms with E-state index >= 15 is 0 Å². The van der Waals surface area contributed by atoms with Gasteiger partial charge in [0.2, 0.25) is 0 Å². The maximum absolute atomic E-state index is 13.1. The van der Waals surface area contributed by atoms with Crippen molar-refractivity contribution in [3.63, 3.8) is 0 Å². The molecule has 0 atom stereocenters. The van der Waals surface area contributed by atoms with Crippen LogP contribution in [0.25, 0.3) is 0 Å². The highest BCUT2D eigenvalue weighted by atomic mass is 32.1. The molecule has 4 heterocycles. The molecular formula is C24H28N6O2S2. The average molecular weight is 497 g/mol. The predicted octanol–water partition coefficient (Wildman–Crippen LogP) is 3.30. The molecule has 2 aromatic heterocycles. The highest BCUT2D eigenvalue weighted by Crippen LogP contribution is 2.21. The highest BCUT2D eigenvalue weighted by molar-refractivity contribution is 7.13. The predicted molar refractivity (Wildman–Crippen MR) is 136 cm³/mol. The minimum Gasteiger partial charge on any atom is -0.346 e. The summed E-state index contributed by atoms with van der Waals surface area (Å²) in [6.07, 6.45) is 5.46. The van der Waals surface area contributed by atoms with E-state index in [0.29, 0.717) is 24.2 Å². The molecule has 1 aromatic carbocycles. The summed E-state index contributed by atoms with van der Waals surface area (Å²) in [6.45, 7) is 6.16. The summed E-state index contributed by atoms with van der Waals surface area (Å²) >= 11 is 3.26. The molecule has 0 spiro atoms. The Morgan fingerprint density at radius 2 is 1.06 bits per heavy atom. The van der Waals surface area contributed by atoms with Crippen LogP contribution in [0.1, 0.15) is 33.6 Å². The number of benzene rings is 1. The molecule has 10 heteroatoms. The Kier molecular flexibility index (Phi) is 7.05. The Bertz CT molecular complexity index is 1000. The third-order valence-corrected chi connectivity index (χ3v) is 7.99. The Labute approximate surface area is 207 Å². The maximum atomic E-state index is 13.1.